The Morgan fingerprint density at radius 1 is 1.50 bits per heavy atom. The minimum atomic E-state index is 0.140. The summed E-state index contributed by atoms with van der Waals surface area (Å²) in [6, 6.07) is 4.42. The van der Waals surface area contributed by atoms with Gasteiger partial charge in [0.15, 0.2) is 0 Å². The molecular formula is C14H17BrN4O. The highest BCUT2D eigenvalue weighted by Gasteiger charge is 2.21. The Morgan fingerprint density at radius 2 is 2.40 bits per heavy atom. The van der Waals surface area contributed by atoms with Gasteiger partial charge < -0.3 is 10.1 Å². The van der Waals surface area contributed by atoms with Crippen molar-refractivity contribution in [2.24, 2.45) is 0 Å². The summed E-state index contributed by atoms with van der Waals surface area (Å²) in [6.45, 7) is 3.75. The lowest BCUT2D eigenvalue weighted by atomic mass is 10.00. The summed E-state index contributed by atoms with van der Waals surface area (Å²) in [5.74, 6) is 1.04. The molecule has 0 fully saturated rings. The maximum Gasteiger partial charge on any atom is 0.125 e. The number of likely N-dealkylation sites (N-methyl/N-ethyl adjacent to an activating group) is 1. The normalized spacial score (nSPS) is 14.9. The number of aromatic nitrogens is 3. The van der Waals surface area contributed by atoms with Gasteiger partial charge >= 0.3 is 0 Å². The van der Waals surface area contributed by atoms with Crippen LogP contribution in [0.5, 0.6) is 5.75 Å². The topological polar surface area (TPSA) is 62.8 Å². The predicted molar refractivity (Wildman–Crippen MR) is 79.8 cm³/mol. The molecule has 0 amide bonds. The van der Waals surface area contributed by atoms with Crippen LogP contribution in [0.3, 0.4) is 0 Å². The molecule has 1 aromatic heterocycles. The first-order chi connectivity index (χ1) is 9.78. The summed E-state index contributed by atoms with van der Waals surface area (Å²) < 4.78 is 6.89. The van der Waals surface area contributed by atoms with Crippen LogP contribution in [0.1, 0.15) is 29.8 Å². The zero-order valence-electron chi connectivity index (χ0n) is 11.3. The molecule has 2 aromatic rings. The SMILES string of the molecule is CCNC(Cc1cc(Br)cc2c1OCC2)c1cn[nH]n1. The van der Waals surface area contributed by atoms with Crippen molar-refractivity contribution >= 4 is 15.9 Å². The predicted octanol–water partition coefficient (Wildman–Crippen LogP) is 2.40. The van der Waals surface area contributed by atoms with E-state index in [1.807, 2.05) is 0 Å². The molecule has 0 saturated heterocycles. The Labute approximate surface area is 126 Å². The highest BCUT2D eigenvalue weighted by Crippen LogP contribution is 2.35. The summed E-state index contributed by atoms with van der Waals surface area (Å²) in [5, 5.41) is 14.2. The Bertz CT molecular complexity index is 585. The molecule has 1 unspecified atom stereocenters. The number of hydrogen-bond acceptors (Lipinski definition) is 4. The number of halogens is 1. The average molecular weight is 337 g/mol. The van der Waals surface area contributed by atoms with Crippen molar-refractivity contribution in [1.29, 1.82) is 0 Å². The van der Waals surface area contributed by atoms with Crippen molar-refractivity contribution < 1.29 is 4.74 Å². The third-order valence-corrected chi connectivity index (χ3v) is 3.95. The first kappa shape index (κ1) is 13.6. The maximum atomic E-state index is 5.79. The van der Waals surface area contributed by atoms with E-state index < -0.39 is 0 Å². The van der Waals surface area contributed by atoms with Gasteiger partial charge in [-0.2, -0.15) is 15.4 Å². The van der Waals surface area contributed by atoms with Gasteiger partial charge in [-0.15, -0.1) is 0 Å². The van der Waals surface area contributed by atoms with Gasteiger partial charge in [-0.3, -0.25) is 0 Å². The number of aromatic amines is 1. The van der Waals surface area contributed by atoms with Crippen molar-refractivity contribution in [3.05, 3.63) is 39.6 Å². The van der Waals surface area contributed by atoms with E-state index in [1.165, 1.54) is 11.1 Å². The fourth-order valence-electron chi connectivity index (χ4n) is 2.62. The Kier molecular flexibility index (Phi) is 4.03. The highest BCUT2D eigenvalue weighted by molar-refractivity contribution is 9.10. The molecule has 106 valence electrons. The molecule has 0 bridgehead atoms. The van der Waals surface area contributed by atoms with E-state index in [1.54, 1.807) is 6.20 Å². The minimum absolute atomic E-state index is 0.140. The number of fused-ring (bicyclic) bond motifs is 1. The number of nitrogens with one attached hydrogen (secondary N) is 2. The molecule has 0 spiro atoms. The molecule has 20 heavy (non-hydrogen) atoms. The molecule has 1 aliphatic rings. The number of rotatable bonds is 5. The average Bonchev–Trinajstić information content (AvgIpc) is 3.08. The molecule has 2 heterocycles. The molecule has 3 rings (SSSR count). The van der Waals surface area contributed by atoms with Gasteiger partial charge in [0.2, 0.25) is 0 Å². The van der Waals surface area contributed by atoms with E-state index in [9.17, 15) is 0 Å². The standard InChI is InChI=1S/C14H17BrN4O/c1-2-16-12(13-8-17-19-18-13)7-10-6-11(15)5-9-3-4-20-14(9)10/h5-6,8,12,16H,2-4,7H2,1H3,(H,17,18,19). The van der Waals surface area contributed by atoms with Crippen LogP contribution < -0.4 is 10.1 Å². The van der Waals surface area contributed by atoms with E-state index in [-0.39, 0.29) is 6.04 Å². The van der Waals surface area contributed by atoms with Crippen LogP contribution in [0, 0.1) is 0 Å². The summed E-state index contributed by atoms with van der Waals surface area (Å²) in [4.78, 5) is 0. The van der Waals surface area contributed by atoms with E-state index >= 15 is 0 Å². The van der Waals surface area contributed by atoms with E-state index in [0.29, 0.717) is 0 Å². The first-order valence-electron chi connectivity index (χ1n) is 6.81. The monoisotopic (exact) mass is 336 g/mol. The third-order valence-electron chi connectivity index (χ3n) is 3.49. The summed E-state index contributed by atoms with van der Waals surface area (Å²) in [6.07, 6.45) is 3.59. The van der Waals surface area contributed by atoms with Gasteiger partial charge in [0.25, 0.3) is 0 Å². The van der Waals surface area contributed by atoms with E-state index in [4.69, 9.17) is 4.74 Å². The smallest absolute Gasteiger partial charge is 0.125 e. The van der Waals surface area contributed by atoms with Crippen LogP contribution in [0.15, 0.2) is 22.8 Å². The van der Waals surface area contributed by atoms with Gasteiger partial charge in [-0.1, -0.05) is 22.9 Å². The van der Waals surface area contributed by atoms with Crippen molar-refractivity contribution in [2.45, 2.75) is 25.8 Å². The van der Waals surface area contributed by atoms with Crippen LogP contribution in [-0.2, 0) is 12.8 Å². The van der Waals surface area contributed by atoms with Crippen LogP contribution in [-0.4, -0.2) is 28.6 Å². The number of ether oxygens (including phenoxy) is 1. The van der Waals surface area contributed by atoms with Gasteiger partial charge in [0, 0.05) is 10.9 Å². The van der Waals surface area contributed by atoms with Gasteiger partial charge in [-0.05, 0) is 36.2 Å². The van der Waals surface area contributed by atoms with Crippen LogP contribution in [0.2, 0.25) is 0 Å². The molecule has 1 atom stereocenters. The second-order valence-corrected chi connectivity index (χ2v) is 5.78. The first-order valence-corrected chi connectivity index (χ1v) is 7.60. The highest BCUT2D eigenvalue weighted by atomic mass is 79.9. The van der Waals surface area contributed by atoms with Crippen LogP contribution in [0.25, 0.3) is 0 Å². The Morgan fingerprint density at radius 3 is 3.15 bits per heavy atom. The van der Waals surface area contributed by atoms with Gasteiger partial charge in [0.1, 0.15) is 5.75 Å². The number of nitrogens with zero attached hydrogens (tertiary/aromatic N) is 2. The number of hydrogen-bond donors (Lipinski definition) is 2. The lowest BCUT2D eigenvalue weighted by Crippen LogP contribution is -2.23. The molecule has 0 saturated carbocycles. The lowest BCUT2D eigenvalue weighted by Gasteiger charge is -2.17. The number of benzene rings is 1. The van der Waals surface area contributed by atoms with Crippen molar-refractivity contribution in [3.8, 4) is 5.75 Å². The Balaban J connectivity index is 1.89. The van der Waals surface area contributed by atoms with E-state index in [0.717, 1.165) is 41.9 Å². The number of H-pyrrole nitrogens is 1. The summed E-state index contributed by atoms with van der Waals surface area (Å²) in [5.41, 5.74) is 3.42. The molecule has 1 aliphatic heterocycles. The van der Waals surface area contributed by atoms with Crippen molar-refractivity contribution in [2.75, 3.05) is 13.2 Å². The zero-order chi connectivity index (χ0) is 13.9. The second-order valence-electron chi connectivity index (χ2n) is 4.86. The lowest BCUT2D eigenvalue weighted by molar-refractivity contribution is 0.351. The van der Waals surface area contributed by atoms with Crippen LogP contribution >= 0.6 is 15.9 Å². The Hall–Kier alpha value is -1.40. The maximum absolute atomic E-state index is 5.79. The third kappa shape index (κ3) is 2.71. The second kappa shape index (κ2) is 5.93. The molecule has 0 radical (unpaired) electrons. The fourth-order valence-corrected chi connectivity index (χ4v) is 3.18. The summed E-state index contributed by atoms with van der Waals surface area (Å²) >= 11 is 3.58. The largest absolute Gasteiger partial charge is 0.493 e. The van der Waals surface area contributed by atoms with E-state index in [2.05, 4.69) is 55.7 Å². The van der Waals surface area contributed by atoms with Gasteiger partial charge in [-0.25, -0.2) is 0 Å². The summed E-state index contributed by atoms with van der Waals surface area (Å²) in [7, 11) is 0. The molecule has 5 nitrogen and oxygen atoms in total. The molecular weight excluding hydrogens is 320 g/mol. The zero-order valence-corrected chi connectivity index (χ0v) is 12.9. The minimum Gasteiger partial charge on any atom is -0.493 e. The molecule has 0 aliphatic carbocycles. The van der Waals surface area contributed by atoms with Gasteiger partial charge in [0.05, 0.1) is 24.5 Å². The molecule has 1 aromatic carbocycles. The van der Waals surface area contributed by atoms with Crippen molar-refractivity contribution in [3.63, 3.8) is 0 Å². The molecule has 2 N–H and O–H groups in total. The quantitative estimate of drug-likeness (QED) is 0.880. The van der Waals surface area contributed by atoms with Crippen LogP contribution in [0.4, 0.5) is 0 Å². The van der Waals surface area contributed by atoms with Crippen molar-refractivity contribution in [1.82, 2.24) is 20.7 Å². The molecule has 6 heteroatoms. The fraction of sp³-hybridized carbons (Fsp3) is 0.429.